The minimum Gasteiger partial charge on any atom is -0.381 e. The van der Waals surface area contributed by atoms with E-state index < -0.39 is 5.54 Å². The number of piperazine rings is 1. The summed E-state index contributed by atoms with van der Waals surface area (Å²) in [4.78, 5) is 25.7. The summed E-state index contributed by atoms with van der Waals surface area (Å²) in [5.74, 6) is 0.343. The van der Waals surface area contributed by atoms with Crippen molar-refractivity contribution in [1.29, 1.82) is 0 Å². The molecule has 0 aromatic carbocycles. The predicted octanol–water partition coefficient (Wildman–Crippen LogP) is 0.150. The van der Waals surface area contributed by atoms with Crippen LogP contribution >= 0.6 is 0 Å². The molecule has 2 atom stereocenters. The van der Waals surface area contributed by atoms with Gasteiger partial charge in [0.05, 0.1) is 13.2 Å². The first-order valence-corrected chi connectivity index (χ1v) is 6.24. The lowest BCUT2D eigenvalue weighted by atomic mass is 9.91. The fourth-order valence-electron chi connectivity index (χ4n) is 2.48. The van der Waals surface area contributed by atoms with E-state index in [0.29, 0.717) is 25.5 Å². The maximum absolute atomic E-state index is 12.0. The molecule has 96 valence electrons. The Morgan fingerprint density at radius 2 is 2.29 bits per heavy atom. The monoisotopic (exact) mass is 240 g/mol. The largest absolute Gasteiger partial charge is 0.381 e. The van der Waals surface area contributed by atoms with Crippen LogP contribution in [-0.4, -0.2) is 48.6 Å². The molecule has 2 aliphatic heterocycles. The Bertz CT molecular complexity index is 326. The summed E-state index contributed by atoms with van der Waals surface area (Å²) in [6, 6.07) is 0. The average Bonchev–Trinajstić information content (AvgIpc) is 2.82. The van der Waals surface area contributed by atoms with Crippen molar-refractivity contribution < 1.29 is 14.3 Å². The number of hydrogen-bond acceptors (Lipinski definition) is 3. The lowest BCUT2D eigenvalue weighted by Crippen LogP contribution is -2.66. The van der Waals surface area contributed by atoms with Gasteiger partial charge in [-0.05, 0) is 19.8 Å². The molecule has 17 heavy (non-hydrogen) atoms. The normalized spacial score (nSPS) is 34.0. The number of carbonyl (C=O) groups excluding carboxylic acids is 2. The van der Waals surface area contributed by atoms with E-state index in [-0.39, 0.29) is 18.4 Å². The summed E-state index contributed by atoms with van der Waals surface area (Å²) in [5, 5.41) is 2.67. The lowest BCUT2D eigenvalue weighted by Gasteiger charge is -2.44. The van der Waals surface area contributed by atoms with Crippen LogP contribution in [-0.2, 0) is 14.3 Å². The quantitative estimate of drug-likeness (QED) is 0.764. The molecule has 0 saturated carbocycles. The number of ether oxygens (including phenoxy) is 1. The van der Waals surface area contributed by atoms with Gasteiger partial charge in [-0.2, -0.15) is 0 Å². The van der Waals surface area contributed by atoms with Gasteiger partial charge in [0.1, 0.15) is 5.54 Å². The van der Waals surface area contributed by atoms with E-state index in [2.05, 4.69) is 5.32 Å². The third-order valence-corrected chi connectivity index (χ3v) is 3.94. The highest BCUT2D eigenvalue weighted by molar-refractivity contribution is 5.97. The Hall–Kier alpha value is -1.10. The van der Waals surface area contributed by atoms with Gasteiger partial charge < -0.3 is 15.0 Å². The van der Waals surface area contributed by atoms with Gasteiger partial charge in [0.15, 0.2) is 0 Å². The summed E-state index contributed by atoms with van der Waals surface area (Å²) < 4.78 is 5.32. The van der Waals surface area contributed by atoms with Gasteiger partial charge in [0, 0.05) is 19.1 Å². The molecule has 0 bridgehead atoms. The maximum atomic E-state index is 12.0. The van der Waals surface area contributed by atoms with E-state index in [4.69, 9.17) is 4.74 Å². The van der Waals surface area contributed by atoms with Gasteiger partial charge in [-0.3, -0.25) is 9.59 Å². The van der Waals surface area contributed by atoms with E-state index in [1.54, 1.807) is 4.90 Å². The molecule has 5 nitrogen and oxygen atoms in total. The van der Waals surface area contributed by atoms with Crippen molar-refractivity contribution in [2.75, 3.05) is 26.3 Å². The molecule has 2 aliphatic rings. The summed E-state index contributed by atoms with van der Waals surface area (Å²) in [5.41, 5.74) is -0.697. The molecule has 2 unspecified atom stereocenters. The molecule has 2 heterocycles. The van der Waals surface area contributed by atoms with Crippen LogP contribution in [0.2, 0.25) is 0 Å². The smallest absolute Gasteiger partial charge is 0.246 e. The Kier molecular flexibility index (Phi) is 3.38. The standard InChI is InChI=1S/C12H20N2O3/c1-3-12(2)11(16)13-6-10(15)14(12)7-9-4-5-17-8-9/h9H,3-8H2,1-2H3,(H,13,16). The summed E-state index contributed by atoms with van der Waals surface area (Å²) in [6.45, 7) is 6.01. The van der Waals surface area contributed by atoms with Gasteiger partial charge >= 0.3 is 0 Å². The van der Waals surface area contributed by atoms with Gasteiger partial charge in [-0.15, -0.1) is 0 Å². The number of amides is 2. The number of hydrogen-bond donors (Lipinski definition) is 1. The highest BCUT2D eigenvalue weighted by Gasteiger charge is 2.44. The molecule has 5 heteroatoms. The minimum absolute atomic E-state index is 0.0147. The SMILES string of the molecule is CCC1(C)C(=O)NCC(=O)N1CC1CCOC1. The van der Waals surface area contributed by atoms with E-state index >= 15 is 0 Å². The Morgan fingerprint density at radius 1 is 1.53 bits per heavy atom. The van der Waals surface area contributed by atoms with E-state index in [0.717, 1.165) is 13.0 Å². The zero-order valence-corrected chi connectivity index (χ0v) is 10.5. The fraction of sp³-hybridized carbons (Fsp3) is 0.833. The first-order chi connectivity index (χ1) is 8.08. The van der Waals surface area contributed by atoms with Gasteiger partial charge in [0.2, 0.25) is 11.8 Å². The lowest BCUT2D eigenvalue weighted by molar-refractivity contribution is -0.153. The second-order valence-corrected chi connectivity index (χ2v) is 5.04. The molecular formula is C12H20N2O3. The minimum atomic E-state index is -0.697. The first-order valence-electron chi connectivity index (χ1n) is 6.24. The summed E-state index contributed by atoms with van der Waals surface area (Å²) in [6.07, 6.45) is 1.61. The molecule has 0 radical (unpaired) electrons. The van der Waals surface area contributed by atoms with Crippen molar-refractivity contribution in [2.45, 2.75) is 32.2 Å². The second-order valence-electron chi connectivity index (χ2n) is 5.04. The maximum Gasteiger partial charge on any atom is 0.246 e. The molecular weight excluding hydrogens is 220 g/mol. The zero-order valence-electron chi connectivity index (χ0n) is 10.5. The molecule has 2 rings (SSSR count). The third-order valence-electron chi connectivity index (χ3n) is 3.94. The third kappa shape index (κ3) is 2.16. The van der Waals surface area contributed by atoms with Crippen molar-refractivity contribution in [1.82, 2.24) is 10.2 Å². The predicted molar refractivity (Wildman–Crippen MR) is 62.3 cm³/mol. The van der Waals surface area contributed by atoms with E-state index in [9.17, 15) is 9.59 Å². The molecule has 1 N–H and O–H groups in total. The van der Waals surface area contributed by atoms with Crippen LogP contribution in [0, 0.1) is 5.92 Å². The van der Waals surface area contributed by atoms with Crippen molar-refractivity contribution in [3.05, 3.63) is 0 Å². The van der Waals surface area contributed by atoms with Crippen molar-refractivity contribution in [3.63, 3.8) is 0 Å². The molecule has 2 amide bonds. The Labute approximate surface area is 101 Å². The number of nitrogens with one attached hydrogen (secondary N) is 1. The Balaban J connectivity index is 2.13. The molecule has 0 aliphatic carbocycles. The van der Waals surface area contributed by atoms with Crippen LogP contribution < -0.4 is 5.32 Å². The molecule has 0 aromatic heterocycles. The Morgan fingerprint density at radius 3 is 2.88 bits per heavy atom. The molecule has 2 fully saturated rings. The van der Waals surface area contributed by atoms with Gasteiger partial charge in [0.25, 0.3) is 0 Å². The molecule has 2 saturated heterocycles. The zero-order chi connectivity index (χ0) is 12.5. The molecule has 0 spiro atoms. The van der Waals surface area contributed by atoms with E-state index in [1.807, 2.05) is 13.8 Å². The average molecular weight is 240 g/mol. The van der Waals surface area contributed by atoms with Gasteiger partial charge in [-0.25, -0.2) is 0 Å². The molecule has 0 aromatic rings. The van der Waals surface area contributed by atoms with Crippen molar-refractivity contribution in [2.24, 2.45) is 5.92 Å². The number of nitrogens with zero attached hydrogens (tertiary/aromatic N) is 1. The van der Waals surface area contributed by atoms with Crippen LogP contribution in [0.25, 0.3) is 0 Å². The highest BCUT2D eigenvalue weighted by atomic mass is 16.5. The highest BCUT2D eigenvalue weighted by Crippen LogP contribution is 2.26. The van der Waals surface area contributed by atoms with Crippen LogP contribution in [0.3, 0.4) is 0 Å². The van der Waals surface area contributed by atoms with Gasteiger partial charge in [-0.1, -0.05) is 6.92 Å². The topological polar surface area (TPSA) is 58.6 Å². The summed E-state index contributed by atoms with van der Waals surface area (Å²) in [7, 11) is 0. The second kappa shape index (κ2) is 4.64. The van der Waals surface area contributed by atoms with Crippen LogP contribution in [0.5, 0.6) is 0 Å². The van der Waals surface area contributed by atoms with Crippen molar-refractivity contribution in [3.8, 4) is 0 Å². The summed E-state index contributed by atoms with van der Waals surface area (Å²) >= 11 is 0. The van der Waals surface area contributed by atoms with Crippen LogP contribution in [0.4, 0.5) is 0 Å². The first kappa shape index (κ1) is 12.4. The van der Waals surface area contributed by atoms with Crippen molar-refractivity contribution >= 4 is 11.8 Å². The fourth-order valence-corrected chi connectivity index (χ4v) is 2.48. The van der Waals surface area contributed by atoms with E-state index in [1.165, 1.54) is 0 Å². The number of carbonyl (C=O) groups is 2. The van der Waals surface area contributed by atoms with Crippen LogP contribution in [0.1, 0.15) is 26.7 Å². The van der Waals surface area contributed by atoms with Crippen LogP contribution in [0.15, 0.2) is 0 Å². The number of rotatable bonds is 3.